The molecule has 0 aromatic carbocycles. The molecule has 1 rings (SSSR count). The first-order chi connectivity index (χ1) is 8.14. The zero-order chi connectivity index (χ0) is 14.0. The van der Waals surface area contributed by atoms with Gasteiger partial charge in [-0.25, -0.2) is 4.79 Å². The van der Waals surface area contributed by atoms with E-state index in [2.05, 4.69) is 19.8 Å². The van der Waals surface area contributed by atoms with E-state index in [0.717, 1.165) is 12.8 Å². The van der Waals surface area contributed by atoms with Gasteiger partial charge in [-0.05, 0) is 39.0 Å². The molecule has 3 nitrogen and oxygen atoms in total. The van der Waals surface area contributed by atoms with Crippen LogP contribution in [0.5, 0.6) is 0 Å². The van der Waals surface area contributed by atoms with E-state index in [-0.39, 0.29) is 17.6 Å². The molecule has 0 saturated carbocycles. The van der Waals surface area contributed by atoms with E-state index in [1.165, 1.54) is 0 Å². The van der Waals surface area contributed by atoms with Crippen molar-refractivity contribution in [1.29, 1.82) is 0 Å². The number of hydrogen-bond acceptors (Lipinski definition) is 2. The summed E-state index contributed by atoms with van der Waals surface area (Å²) >= 11 is 0. The van der Waals surface area contributed by atoms with Crippen molar-refractivity contribution < 1.29 is 9.53 Å². The number of carbonyl (C=O) groups is 1. The number of terminal acetylenes is 1. The second kappa shape index (κ2) is 5.22. The van der Waals surface area contributed by atoms with Crippen molar-refractivity contribution in [1.82, 2.24) is 4.90 Å². The molecule has 18 heavy (non-hydrogen) atoms. The van der Waals surface area contributed by atoms with Crippen LogP contribution in [0.15, 0.2) is 0 Å². The summed E-state index contributed by atoms with van der Waals surface area (Å²) in [5.41, 5.74) is -0.318. The molecule has 0 aromatic rings. The SMILES string of the molecule is C#CCC1CCC(C)(C)CN1C(=O)OC(C)(C)C. The summed E-state index contributed by atoms with van der Waals surface area (Å²) in [7, 11) is 0. The molecule has 1 aliphatic rings. The Labute approximate surface area is 111 Å². The molecule has 0 bridgehead atoms. The standard InChI is InChI=1S/C15H25NO2/c1-7-8-12-9-10-15(5,6)11-16(12)13(17)18-14(2,3)4/h1,12H,8-11H2,2-6H3. The van der Waals surface area contributed by atoms with Crippen LogP contribution in [-0.2, 0) is 4.74 Å². The van der Waals surface area contributed by atoms with Crippen molar-refractivity contribution in [2.75, 3.05) is 6.54 Å². The van der Waals surface area contributed by atoms with Crippen LogP contribution in [0.4, 0.5) is 4.79 Å². The van der Waals surface area contributed by atoms with Crippen LogP contribution in [0.2, 0.25) is 0 Å². The topological polar surface area (TPSA) is 29.5 Å². The molecule has 102 valence electrons. The van der Waals surface area contributed by atoms with E-state index in [1.54, 1.807) is 0 Å². The second-order valence-corrected chi connectivity index (χ2v) is 6.87. The highest BCUT2D eigenvalue weighted by atomic mass is 16.6. The quantitative estimate of drug-likeness (QED) is 0.668. The van der Waals surface area contributed by atoms with Crippen LogP contribution >= 0.6 is 0 Å². The fraction of sp³-hybridized carbons (Fsp3) is 0.800. The first kappa shape index (κ1) is 14.9. The molecule has 0 aromatic heterocycles. The Kier molecular flexibility index (Phi) is 4.32. The van der Waals surface area contributed by atoms with Gasteiger partial charge in [-0.15, -0.1) is 12.3 Å². The molecule has 3 heteroatoms. The fourth-order valence-electron chi connectivity index (χ4n) is 2.26. The first-order valence-electron chi connectivity index (χ1n) is 6.58. The van der Waals surface area contributed by atoms with E-state index < -0.39 is 5.60 Å². The van der Waals surface area contributed by atoms with E-state index in [0.29, 0.717) is 13.0 Å². The average molecular weight is 251 g/mol. The highest BCUT2D eigenvalue weighted by Gasteiger charge is 2.37. The molecule has 0 spiro atoms. The van der Waals surface area contributed by atoms with Crippen LogP contribution in [0.3, 0.4) is 0 Å². The lowest BCUT2D eigenvalue weighted by Gasteiger charge is -2.43. The summed E-state index contributed by atoms with van der Waals surface area (Å²) in [4.78, 5) is 14.0. The molecular formula is C15H25NO2. The van der Waals surface area contributed by atoms with Gasteiger partial charge in [0, 0.05) is 19.0 Å². The number of likely N-dealkylation sites (tertiary alicyclic amines) is 1. The van der Waals surface area contributed by atoms with Gasteiger partial charge in [0.2, 0.25) is 0 Å². The second-order valence-electron chi connectivity index (χ2n) is 6.87. The van der Waals surface area contributed by atoms with Crippen molar-refractivity contribution in [2.45, 2.75) is 65.5 Å². The molecule has 1 aliphatic heterocycles. The van der Waals surface area contributed by atoms with Crippen molar-refractivity contribution >= 4 is 6.09 Å². The maximum Gasteiger partial charge on any atom is 0.410 e. The van der Waals surface area contributed by atoms with Gasteiger partial charge in [-0.2, -0.15) is 0 Å². The highest BCUT2D eigenvalue weighted by molar-refractivity contribution is 5.68. The molecule has 1 saturated heterocycles. The molecule has 1 atom stereocenters. The summed E-state index contributed by atoms with van der Waals surface area (Å²) in [6.45, 7) is 10.7. The van der Waals surface area contributed by atoms with Gasteiger partial charge >= 0.3 is 6.09 Å². The summed E-state index contributed by atoms with van der Waals surface area (Å²) in [5.74, 6) is 2.66. The summed E-state index contributed by atoms with van der Waals surface area (Å²) < 4.78 is 5.47. The zero-order valence-corrected chi connectivity index (χ0v) is 12.2. The van der Waals surface area contributed by atoms with Gasteiger partial charge in [-0.3, -0.25) is 0 Å². The van der Waals surface area contributed by atoms with Crippen molar-refractivity contribution in [3.63, 3.8) is 0 Å². The Morgan fingerprint density at radius 2 is 2.11 bits per heavy atom. The van der Waals surface area contributed by atoms with Gasteiger partial charge < -0.3 is 9.64 Å². The number of carbonyl (C=O) groups excluding carboxylic acids is 1. The largest absolute Gasteiger partial charge is 0.444 e. The predicted molar refractivity (Wildman–Crippen MR) is 73.2 cm³/mol. The number of amides is 1. The fourth-order valence-corrected chi connectivity index (χ4v) is 2.26. The van der Waals surface area contributed by atoms with Crippen molar-refractivity contribution in [3.05, 3.63) is 0 Å². The molecular weight excluding hydrogens is 226 g/mol. The molecule has 1 heterocycles. The summed E-state index contributed by atoms with van der Waals surface area (Å²) in [5, 5.41) is 0. The highest BCUT2D eigenvalue weighted by Crippen LogP contribution is 2.33. The number of rotatable bonds is 1. The van der Waals surface area contributed by atoms with Gasteiger partial charge in [0.1, 0.15) is 5.60 Å². The zero-order valence-electron chi connectivity index (χ0n) is 12.2. The van der Waals surface area contributed by atoms with E-state index >= 15 is 0 Å². The van der Waals surface area contributed by atoms with E-state index in [4.69, 9.17) is 11.2 Å². The number of piperidine rings is 1. The minimum Gasteiger partial charge on any atom is -0.444 e. The lowest BCUT2D eigenvalue weighted by Crippen LogP contribution is -2.51. The average Bonchev–Trinajstić information content (AvgIpc) is 2.18. The molecule has 0 radical (unpaired) electrons. The minimum absolute atomic E-state index is 0.123. The van der Waals surface area contributed by atoms with Gasteiger partial charge in [0.25, 0.3) is 0 Å². The Balaban J connectivity index is 2.79. The van der Waals surface area contributed by atoms with Crippen LogP contribution in [-0.4, -0.2) is 29.2 Å². The maximum absolute atomic E-state index is 12.2. The third-order valence-electron chi connectivity index (χ3n) is 3.17. The summed E-state index contributed by atoms with van der Waals surface area (Å²) in [6.07, 6.45) is 7.80. The smallest absolute Gasteiger partial charge is 0.410 e. The lowest BCUT2D eigenvalue weighted by atomic mass is 9.81. The normalized spacial score (nSPS) is 23.3. The molecule has 1 fully saturated rings. The van der Waals surface area contributed by atoms with Crippen molar-refractivity contribution in [3.8, 4) is 12.3 Å². The minimum atomic E-state index is -0.459. The monoisotopic (exact) mass is 251 g/mol. The maximum atomic E-state index is 12.2. The van der Waals surface area contributed by atoms with E-state index in [9.17, 15) is 4.79 Å². The molecule has 0 N–H and O–H groups in total. The molecule has 1 amide bonds. The number of ether oxygens (including phenoxy) is 1. The molecule has 1 unspecified atom stereocenters. The third-order valence-corrected chi connectivity index (χ3v) is 3.17. The van der Waals surface area contributed by atoms with Crippen molar-refractivity contribution in [2.24, 2.45) is 5.41 Å². The van der Waals surface area contributed by atoms with Crippen LogP contribution in [0, 0.1) is 17.8 Å². The number of nitrogens with zero attached hydrogens (tertiary/aromatic N) is 1. The lowest BCUT2D eigenvalue weighted by molar-refractivity contribution is -0.00654. The van der Waals surface area contributed by atoms with Crippen LogP contribution in [0.1, 0.15) is 53.9 Å². The third kappa shape index (κ3) is 4.25. The van der Waals surface area contributed by atoms with Gasteiger partial charge in [0.15, 0.2) is 0 Å². The van der Waals surface area contributed by atoms with Gasteiger partial charge in [0.05, 0.1) is 0 Å². The van der Waals surface area contributed by atoms with Gasteiger partial charge in [-0.1, -0.05) is 13.8 Å². The molecule has 0 aliphatic carbocycles. The summed E-state index contributed by atoms with van der Waals surface area (Å²) in [6, 6.07) is 0.123. The Hall–Kier alpha value is -1.17. The van der Waals surface area contributed by atoms with Crippen LogP contribution in [0.25, 0.3) is 0 Å². The van der Waals surface area contributed by atoms with Crippen LogP contribution < -0.4 is 0 Å². The Bertz CT molecular complexity index is 346. The predicted octanol–water partition coefficient (Wildman–Crippen LogP) is 3.44. The number of hydrogen-bond donors (Lipinski definition) is 0. The first-order valence-corrected chi connectivity index (χ1v) is 6.58. The Morgan fingerprint density at radius 3 is 2.61 bits per heavy atom. The van der Waals surface area contributed by atoms with E-state index in [1.807, 2.05) is 25.7 Å². The Morgan fingerprint density at radius 1 is 1.50 bits per heavy atom.